The number of likely N-dealkylation sites (tertiary alicyclic amines) is 1. The number of rotatable bonds is 4. The van der Waals surface area contributed by atoms with Crippen LogP contribution >= 0.6 is 0 Å². The zero-order valence-electron chi connectivity index (χ0n) is 14.1. The number of pyridine rings is 1. The predicted octanol–water partition coefficient (Wildman–Crippen LogP) is 1.90. The lowest BCUT2D eigenvalue weighted by Crippen LogP contribution is -2.41. The molecule has 0 aromatic carbocycles. The molecule has 4 heterocycles. The first-order valence-electron chi connectivity index (χ1n) is 8.50. The van der Waals surface area contributed by atoms with E-state index in [4.69, 9.17) is 8.83 Å². The van der Waals surface area contributed by atoms with Crippen molar-refractivity contribution in [2.75, 3.05) is 13.1 Å². The number of piperidine rings is 1. The molecule has 0 bridgehead atoms. The summed E-state index contributed by atoms with van der Waals surface area (Å²) in [6, 6.07) is 6.63. The summed E-state index contributed by atoms with van der Waals surface area (Å²) in [6.07, 6.45) is 6.25. The lowest BCUT2D eigenvalue weighted by atomic mass is 9.97. The Morgan fingerprint density at radius 2 is 2.04 bits per heavy atom. The molecule has 3 aromatic heterocycles. The number of amides is 1. The van der Waals surface area contributed by atoms with Gasteiger partial charge in [-0.25, -0.2) is 0 Å². The van der Waals surface area contributed by atoms with Crippen molar-refractivity contribution in [2.45, 2.75) is 25.3 Å². The van der Waals surface area contributed by atoms with Crippen molar-refractivity contribution in [2.24, 2.45) is 0 Å². The molecule has 8 nitrogen and oxygen atoms in total. The Morgan fingerprint density at radius 3 is 2.77 bits per heavy atom. The second-order valence-electron chi connectivity index (χ2n) is 6.28. The van der Waals surface area contributed by atoms with Crippen LogP contribution in [0, 0.1) is 0 Å². The highest BCUT2D eigenvalue weighted by Gasteiger charge is 2.27. The lowest BCUT2D eigenvalue weighted by molar-refractivity contribution is -0.133. The Hall–Kier alpha value is -3.16. The first-order valence-corrected chi connectivity index (χ1v) is 8.50. The van der Waals surface area contributed by atoms with Crippen molar-refractivity contribution >= 4 is 5.91 Å². The van der Waals surface area contributed by atoms with E-state index in [0.717, 1.165) is 18.4 Å². The van der Waals surface area contributed by atoms with Gasteiger partial charge < -0.3 is 18.3 Å². The molecule has 1 amide bonds. The van der Waals surface area contributed by atoms with Crippen LogP contribution in [-0.2, 0) is 11.3 Å². The van der Waals surface area contributed by atoms with Crippen LogP contribution in [-0.4, -0.2) is 38.7 Å². The van der Waals surface area contributed by atoms with Gasteiger partial charge in [-0.1, -0.05) is 6.07 Å². The highest BCUT2D eigenvalue weighted by Crippen LogP contribution is 2.29. The standard InChI is InChI=1S/C18H18N4O4/c23-15-3-1-2-7-22(15)11-16(24)21-8-4-13(5-9-21)17-19-20-18(26-17)14-6-10-25-12-14/h1-3,6-7,10,12-13H,4-5,8-9,11H2. The van der Waals surface area contributed by atoms with Gasteiger partial charge in [0.2, 0.25) is 11.8 Å². The van der Waals surface area contributed by atoms with Gasteiger partial charge in [0, 0.05) is 31.3 Å². The average Bonchev–Trinajstić information content (AvgIpc) is 3.35. The Bertz CT molecular complexity index is 936. The summed E-state index contributed by atoms with van der Waals surface area (Å²) < 4.78 is 12.2. The molecular formula is C18H18N4O4. The van der Waals surface area contributed by atoms with Gasteiger partial charge in [-0.3, -0.25) is 9.59 Å². The van der Waals surface area contributed by atoms with E-state index in [1.165, 1.54) is 10.6 Å². The summed E-state index contributed by atoms with van der Waals surface area (Å²) in [5.74, 6) is 1.11. The molecule has 4 rings (SSSR count). The van der Waals surface area contributed by atoms with Gasteiger partial charge in [0.1, 0.15) is 12.8 Å². The van der Waals surface area contributed by atoms with Gasteiger partial charge in [-0.15, -0.1) is 10.2 Å². The summed E-state index contributed by atoms with van der Waals surface area (Å²) in [5, 5.41) is 8.20. The molecule has 1 fully saturated rings. The fourth-order valence-electron chi connectivity index (χ4n) is 3.12. The Balaban J connectivity index is 1.36. The number of hydrogen-bond acceptors (Lipinski definition) is 6. The minimum absolute atomic E-state index is 0.0543. The molecule has 0 N–H and O–H groups in total. The summed E-state index contributed by atoms with van der Waals surface area (Å²) in [7, 11) is 0. The van der Waals surface area contributed by atoms with E-state index in [1.54, 1.807) is 41.8 Å². The zero-order valence-corrected chi connectivity index (χ0v) is 14.1. The van der Waals surface area contributed by atoms with Gasteiger partial charge >= 0.3 is 0 Å². The van der Waals surface area contributed by atoms with Crippen LogP contribution in [0.25, 0.3) is 11.5 Å². The maximum Gasteiger partial charge on any atom is 0.250 e. The smallest absolute Gasteiger partial charge is 0.250 e. The number of nitrogens with zero attached hydrogens (tertiary/aromatic N) is 4. The summed E-state index contributed by atoms with van der Waals surface area (Å²) >= 11 is 0. The molecule has 8 heteroatoms. The monoisotopic (exact) mass is 354 g/mol. The predicted molar refractivity (Wildman–Crippen MR) is 91.3 cm³/mol. The van der Waals surface area contributed by atoms with Gasteiger partial charge in [-0.05, 0) is 25.0 Å². The van der Waals surface area contributed by atoms with Crippen molar-refractivity contribution in [3.63, 3.8) is 0 Å². The molecule has 1 aliphatic rings. The largest absolute Gasteiger partial charge is 0.472 e. The normalized spacial score (nSPS) is 15.3. The van der Waals surface area contributed by atoms with Gasteiger partial charge in [-0.2, -0.15) is 0 Å². The summed E-state index contributed by atoms with van der Waals surface area (Å²) in [6.45, 7) is 1.28. The van der Waals surface area contributed by atoms with E-state index in [2.05, 4.69) is 10.2 Å². The van der Waals surface area contributed by atoms with E-state index in [0.29, 0.717) is 24.9 Å². The van der Waals surface area contributed by atoms with Crippen molar-refractivity contribution in [3.05, 3.63) is 59.2 Å². The van der Waals surface area contributed by atoms with Crippen LogP contribution in [0.2, 0.25) is 0 Å². The van der Waals surface area contributed by atoms with E-state index in [-0.39, 0.29) is 23.9 Å². The number of furan rings is 1. The first kappa shape index (κ1) is 16.3. The fraction of sp³-hybridized carbons (Fsp3) is 0.333. The van der Waals surface area contributed by atoms with E-state index >= 15 is 0 Å². The molecule has 0 aliphatic carbocycles. The number of carbonyl (C=O) groups is 1. The average molecular weight is 354 g/mol. The van der Waals surface area contributed by atoms with Crippen molar-refractivity contribution in [1.82, 2.24) is 19.7 Å². The van der Waals surface area contributed by atoms with Crippen LogP contribution < -0.4 is 5.56 Å². The molecule has 0 spiro atoms. The van der Waals surface area contributed by atoms with E-state index in [1.807, 2.05) is 0 Å². The van der Waals surface area contributed by atoms with Gasteiger partial charge in [0.25, 0.3) is 11.4 Å². The molecular weight excluding hydrogens is 336 g/mol. The molecule has 0 saturated carbocycles. The fourth-order valence-corrected chi connectivity index (χ4v) is 3.12. The Labute approximate surface area is 149 Å². The molecule has 0 atom stereocenters. The third kappa shape index (κ3) is 3.30. The van der Waals surface area contributed by atoms with Crippen LogP contribution in [0.5, 0.6) is 0 Å². The third-order valence-corrected chi connectivity index (χ3v) is 4.61. The lowest BCUT2D eigenvalue weighted by Gasteiger charge is -2.30. The molecule has 3 aromatic rings. The second kappa shape index (κ2) is 6.99. The number of hydrogen-bond donors (Lipinski definition) is 0. The SMILES string of the molecule is O=C(Cn1ccccc1=O)N1CCC(c2nnc(-c3ccoc3)o2)CC1. The van der Waals surface area contributed by atoms with Crippen LogP contribution in [0.4, 0.5) is 0 Å². The molecule has 1 aliphatic heterocycles. The van der Waals surface area contributed by atoms with Crippen LogP contribution in [0.3, 0.4) is 0 Å². The third-order valence-electron chi connectivity index (χ3n) is 4.61. The van der Waals surface area contributed by atoms with Crippen molar-refractivity contribution < 1.29 is 13.6 Å². The van der Waals surface area contributed by atoms with E-state index in [9.17, 15) is 9.59 Å². The topological polar surface area (TPSA) is 94.4 Å². The highest BCUT2D eigenvalue weighted by molar-refractivity contribution is 5.76. The van der Waals surface area contributed by atoms with E-state index < -0.39 is 0 Å². The molecule has 26 heavy (non-hydrogen) atoms. The maximum atomic E-state index is 12.4. The van der Waals surface area contributed by atoms with Crippen LogP contribution in [0.15, 0.2) is 56.6 Å². The molecule has 1 saturated heterocycles. The highest BCUT2D eigenvalue weighted by atomic mass is 16.4. The van der Waals surface area contributed by atoms with Crippen molar-refractivity contribution in [3.8, 4) is 11.5 Å². The van der Waals surface area contributed by atoms with Crippen LogP contribution in [0.1, 0.15) is 24.7 Å². The first-order chi connectivity index (χ1) is 12.7. The zero-order chi connectivity index (χ0) is 17.9. The Morgan fingerprint density at radius 1 is 1.19 bits per heavy atom. The van der Waals surface area contributed by atoms with Crippen molar-refractivity contribution in [1.29, 1.82) is 0 Å². The van der Waals surface area contributed by atoms with Gasteiger partial charge in [0.05, 0.1) is 11.8 Å². The maximum absolute atomic E-state index is 12.4. The molecule has 0 radical (unpaired) electrons. The number of carbonyl (C=O) groups excluding carboxylic acids is 1. The molecule has 0 unspecified atom stereocenters. The van der Waals surface area contributed by atoms with Gasteiger partial charge in [0.15, 0.2) is 0 Å². The minimum Gasteiger partial charge on any atom is -0.472 e. The summed E-state index contributed by atoms with van der Waals surface area (Å²) in [5.41, 5.74) is 0.582. The number of aromatic nitrogens is 3. The Kier molecular flexibility index (Phi) is 4.39. The minimum atomic E-state index is -0.173. The molecule has 134 valence electrons. The summed E-state index contributed by atoms with van der Waals surface area (Å²) in [4.78, 5) is 25.9. The second-order valence-corrected chi connectivity index (χ2v) is 6.28. The quantitative estimate of drug-likeness (QED) is 0.710.